The number of nitrogens with one attached hydrogen (secondary N) is 1. The molecular formula is C24H25N5. The number of aryl methyl sites for hydroxylation is 1. The normalized spacial score (nSPS) is 14.3. The van der Waals surface area contributed by atoms with Gasteiger partial charge < -0.3 is 10.2 Å². The Morgan fingerprint density at radius 2 is 1.76 bits per heavy atom. The molecule has 29 heavy (non-hydrogen) atoms. The van der Waals surface area contributed by atoms with Crippen LogP contribution in [0.25, 0.3) is 22.0 Å². The van der Waals surface area contributed by atoms with E-state index in [1.165, 1.54) is 24.9 Å². The summed E-state index contributed by atoms with van der Waals surface area (Å²) in [6, 6.07) is 19.2. The van der Waals surface area contributed by atoms with Crippen molar-refractivity contribution in [1.29, 1.82) is 0 Å². The summed E-state index contributed by atoms with van der Waals surface area (Å²) in [4.78, 5) is 7.00. The van der Waals surface area contributed by atoms with Crippen molar-refractivity contribution in [3.63, 3.8) is 0 Å². The minimum Gasteiger partial charge on any atom is -0.371 e. The molecule has 2 aromatic heterocycles. The van der Waals surface area contributed by atoms with E-state index < -0.39 is 0 Å². The molecule has 4 aromatic rings. The molecule has 1 fully saturated rings. The van der Waals surface area contributed by atoms with Crippen molar-refractivity contribution in [2.75, 3.05) is 23.3 Å². The van der Waals surface area contributed by atoms with Gasteiger partial charge in [-0.3, -0.25) is 4.68 Å². The van der Waals surface area contributed by atoms with Crippen molar-refractivity contribution in [3.05, 3.63) is 67.0 Å². The van der Waals surface area contributed by atoms with E-state index in [1.807, 2.05) is 30.2 Å². The van der Waals surface area contributed by atoms with Crippen LogP contribution >= 0.6 is 0 Å². The van der Waals surface area contributed by atoms with Gasteiger partial charge in [-0.15, -0.1) is 0 Å². The van der Waals surface area contributed by atoms with Crippen molar-refractivity contribution in [3.8, 4) is 11.1 Å². The van der Waals surface area contributed by atoms with Crippen molar-refractivity contribution in [2.24, 2.45) is 7.05 Å². The molecule has 1 aliphatic heterocycles. The summed E-state index contributed by atoms with van der Waals surface area (Å²) in [5, 5.41) is 8.96. The molecule has 2 aromatic carbocycles. The minimum atomic E-state index is 0.851. The first kappa shape index (κ1) is 17.7. The third kappa shape index (κ3) is 3.68. The lowest BCUT2D eigenvalue weighted by atomic mass is 10.1. The number of benzene rings is 2. The van der Waals surface area contributed by atoms with E-state index in [1.54, 1.807) is 0 Å². The first-order valence-corrected chi connectivity index (χ1v) is 10.3. The minimum absolute atomic E-state index is 0.851. The van der Waals surface area contributed by atoms with Crippen LogP contribution in [0.3, 0.4) is 0 Å². The number of nitrogens with zero attached hydrogens (tertiary/aromatic N) is 4. The van der Waals surface area contributed by atoms with Gasteiger partial charge in [0, 0.05) is 43.1 Å². The van der Waals surface area contributed by atoms with Crippen molar-refractivity contribution < 1.29 is 0 Å². The number of pyridine rings is 1. The fourth-order valence-corrected chi connectivity index (χ4v) is 4.10. The van der Waals surface area contributed by atoms with Crippen molar-refractivity contribution >= 4 is 28.1 Å². The highest BCUT2D eigenvalue weighted by Gasteiger charge is 2.11. The Hall–Kier alpha value is -3.34. The van der Waals surface area contributed by atoms with E-state index in [9.17, 15) is 0 Å². The van der Waals surface area contributed by atoms with E-state index in [4.69, 9.17) is 0 Å². The number of aromatic nitrogens is 3. The molecule has 5 rings (SSSR count). The Morgan fingerprint density at radius 3 is 2.66 bits per heavy atom. The van der Waals surface area contributed by atoms with Crippen LogP contribution in [0.1, 0.15) is 19.3 Å². The molecule has 0 aliphatic carbocycles. The molecule has 1 N–H and O–H groups in total. The van der Waals surface area contributed by atoms with Crippen LogP contribution < -0.4 is 10.2 Å². The molecular weight excluding hydrogens is 358 g/mol. The molecule has 1 aliphatic rings. The van der Waals surface area contributed by atoms with Gasteiger partial charge in [0.15, 0.2) is 0 Å². The molecule has 5 nitrogen and oxygen atoms in total. The van der Waals surface area contributed by atoms with Gasteiger partial charge in [0.1, 0.15) is 5.82 Å². The molecule has 0 spiro atoms. The molecule has 3 heterocycles. The van der Waals surface area contributed by atoms with Crippen LogP contribution in [-0.2, 0) is 7.05 Å². The average molecular weight is 383 g/mol. The lowest BCUT2D eigenvalue weighted by molar-refractivity contribution is 0.578. The van der Waals surface area contributed by atoms with Crippen LogP contribution in [-0.4, -0.2) is 27.9 Å². The Labute approximate surface area is 171 Å². The predicted octanol–water partition coefficient (Wildman–Crippen LogP) is 5.37. The largest absolute Gasteiger partial charge is 0.371 e. The molecule has 146 valence electrons. The zero-order valence-corrected chi connectivity index (χ0v) is 16.7. The fourth-order valence-electron chi connectivity index (χ4n) is 4.10. The number of hydrogen-bond donors (Lipinski definition) is 1. The molecule has 0 bridgehead atoms. The second kappa shape index (κ2) is 7.59. The summed E-state index contributed by atoms with van der Waals surface area (Å²) in [7, 11) is 1.97. The highest BCUT2D eigenvalue weighted by Crippen LogP contribution is 2.28. The topological polar surface area (TPSA) is 46.0 Å². The van der Waals surface area contributed by atoms with Crippen LogP contribution in [0.15, 0.2) is 67.0 Å². The molecule has 1 saturated heterocycles. The van der Waals surface area contributed by atoms with Gasteiger partial charge in [-0.2, -0.15) is 5.10 Å². The maximum absolute atomic E-state index is 4.53. The van der Waals surface area contributed by atoms with E-state index in [0.29, 0.717) is 0 Å². The number of anilines is 3. The standard InChI is InChI=1S/C24H25N5/c1-28-23-9-8-18(14-20(23)17-26-28)19-10-11-25-24(15-19)27-21-6-5-7-22(16-21)29-12-3-2-4-13-29/h5-11,14-17H,2-4,12-13H2,1H3,(H,25,27). The number of hydrogen-bond acceptors (Lipinski definition) is 4. The van der Waals surface area contributed by atoms with E-state index in [-0.39, 0.29) is 0 Å². The Kier molecular flexibility index (Phi) is 4.64. The summed E-state index contributed by atoms with van der Waals surface area (Å²) in [6.07, 6.45) is 7.67. The molecule has 0 unspecified atom stereocenters. The highest BCUT2D eigenvalue weighted by atomic mass is 15.2. The molecule has 0 radical (unpaired) electrons. The maximum atomic E-state index is 4.53. The number of rotatable bonds is 4. The maximum Gasteiger partial charge on any atom is 0.130 e. The number of piperidine rings is 1. The summed E-state index contributed by atoms with van der Waals surface area (Å²) in [5.41, 5.74) is 5.79. The lowest BCUT2D eigenvalue weighted by Gasteiger charge is -2.29. The smallest absolute Gasteiger partial charge is 0.130 e. The van der Waals surface area contributed by atoms with Crippen LogP contribution in [0.2, 0.25) is 0 Å². The second-order valence-electron chi connectivity index (χ2n) is 7.69. The summed E-state index contributed by atoms with van der Waals surface area (Å²) in [6.45, 7) is 2.29. The van der Waals surface area contributed by atoms with Crippen LogP contribution in [0.4, 0.5) is 17.2 Å². The van der Waals surface area contributed by atoms with E-state index in [2.05, 4.69) is 68.8 Å². The highest BCUT2D eigenvalue weighted by molar-refractivity contribution is 5.85. The lowest BCUT2D eigenvalue weighted by Crippen LogP contribution is -2.29. The zero-order valence-electron chi connectivity index (χ0n) is 16.7. The quantitative estimate of drug-likeness (QED) is 0.515. The van der Waals surface area contributed by atoms with Crippen molar-refractivity contribution in [2.45, 2.75) is 19.3 Å². The zero-order chi connectivity index (χ0) is 19.6. The monoisotopic (exact) mass is 383 g/mol. The van der Waals surface area contributed by atoms with Gasteiger partial charge in [0.2, 0.25) is 0 Å². The Balaban J connectivity index is 1.39. The molecule has 0 atom stereocenters. The van der Waals surface area contributed by atoms with Gasteiger partial charge in [-0.25, -0.2) is 4.98 Å². The Bertz CT molecular complexity index is 1140. The first-order valence-electron chi connectivity index (χ1n) is 10.3. The SMILES string of the molecule is Cn1ncc2cc(-c3ccnc(Nc4cccc(N5CCCCC5)c4)c3)ccc21. The van der Waals surface area contributed by atoms with Gasteiger partial charge >= 0.3 is 0 Å². The summed E-state index contributed by atoms with van der Waals surface area (Å²) >= 11 is 0. The van der Waals surface area contributed by atoms with Gasteiger partial charge in [-0.1, -0.05) is 12.1 Å². The van der Waals surface area contributed by atoms with Gasteiger partial charge in [0.25, 0.3) is 0 Å². The molecule has 5 heteroatoms. The predicted molar refractivity (Wildman–Crippen MR) is 120 cm³/mol. The van der Waals surface area contributed by atoms with Crippen LogP contribution in [0, 0.1) is 0 Å². The number of fused-ring (bicyclic) bond motifs is 1. The van der Waals surface area contributed by atoms with Gasteiger partial charge in [0.05, 0.1) is 11.7 Å². The summed E-state index contributed by atoms with van der Waals surface area (Å²) in [5.74, 6) is 0.851. The van der Waals surface area contributed by atoms with E-state index >= 15 is 0 Å². The van der Waals surface area contributed by atoms with E-state index in [0.717, 1.165) is 46.6 Å². The molecule has 0 amide bonds. The fraction of sp³-hybridized carbons (Fsp3) is 0.250. The average Bonchev–Trinajstić information content (AvgIpc) is 3.15. The third-order valence-corrected chi connectivity index (χ3v) is 5.68. The van der Waals surface area contributed by atoms with Crippen LogP contribution in [0.5, 0.6) is 0 Å². The van der Waals surface area contributed by atoms with Crippen molar-refractivity contribution in [1.82, 2.24) is 14.8 Å². The summed E-state index contributed by atoms with van der Waals surface area (Å²) < 4.78 is 1.90. The third-order valence-electron chi connectivity index (χ3n) is 5.68. The second-order valence-corrected chi connectivity index (χ2v) is 7.69. The first-order chi connectivity index (χ1) is 14.3. The molecule has 0 saturated carbocycles. The Morgan fingerprint density at radius 1 is 0.897 bits per heavy atom. The van der Waals surface area contributed by atoms with Gasteiger partial charge in [-0.05, 0) is 72.9 Å².